The van der Waals surface area contributed by atoms with E-state index in [2.05, 4.69) is 0 Å². The molecule has 0 saturated heterocycles. The van der Waals surface area contributed by atoms with E-state index in [1.165, 1.54) is 28.6 Å². The van der Waals surface area contributed by atoms with E-state index < -0.39 is 10.0 Å². The van der Waals surface area contributed by atoms with Gasteiger partial charge in [0.1, 0.15) is 0 Å². The third-order valence-electron chi connectivity index (χ3n) is 3.92. The first kappa shape index (κ1) is 15.0. The molecule has 2 N–H and O–H groups in total. The molecular weight excluding hydrogens is 274 g/mol. The van der Waals surface area contributed by atoms with Crippen LogP contribution >= 0.6 is 0 Å². The molecule has 1 fully saturated rings. The van der Waals surface area contributed by atoms with Crippen LogP contribution in [0.25, 0.3) is 0 Å². The van der Waals surface area contributed by atoms with E-state index in [0.29, 0.717) is 5.56 Å². The zero-order valence-electron chi connectivity index (χ0n) is 11.5. The Labute approximate surface area is 120 Å². The van der Waals surface area contributed by atoms with Crippen LogP contribution in [-0.4, -0.2) is 31.9 Å². The van der Waals surface area contributed by atoms with Gasteiger partial charge in [-0.15, -0.1) is 0 Å². The van der Waals surface area contributed by atoms with Crippen LogP contribution in [0.1, 0.15) is 31.2 Å². The lowest BCUT2D eigenvalue weighted by Gasteiger charge is -2.32. The molecule has 0 heterocycles. The van der Waals surface area contributed by atoms with Gasteiger partial charge in [0.25, 0.3) is 0 Å². The fourth-order valence-electron chi connectivity index (χ4n) is 2.53. The van der Waals surface area contributed by atoms with Crippen molar-refractivity contribution in [3.05, 3.63) is 29.8 Å². The summed E-state index contributed by atoms with van der Waals surface area (Å²) >= 11 is 0. The Hall–Kier alpha value is -1.42. The minimum absolute atomic E-state index is 0.00967. The van der Waals surface area contributed by atoms with Crippen molar-refractivity contribution in [1.29, 1.82) is 5.26 Å². The number of hydrogen-bond donors (Lipinski definition) is 1. The first-order chi connectivity index (χ1) is 9.45. The average Bonchev–Trinajstić information content (AvgIpc) is 2.47. The van der Waals surface area contributed by atoms with Crippen LogP contribution in [0.4, 0.5) is 0 Å². The second kappa shape index (κ2) is 5.92. The van der Waals surface area contributed by atoms with Crippen molar-refractivity contribution in [1.82, 2.24) is 4.31 Å². The quantitative estimate of drug-likeness (QED) is 0.913. The molecule has 0 atom stereocenters. The number of nitrogens with zero attached hydrogens (tertiary/aromatic N) is 2. The van der Waals surface area contributed by atoms with E-state index in [0.717, 1.165) is 25.7 Å². The molecule has 1 aliphatic carbocycles. The van der Waals surface area contributed by atoms with Gasteiger partial charge in [0, 0.05) is 19.1 Å². The molecule has 1 aromatic rings. The summed E-state index contributed by atoms with van der Waals surface area (Å²) in [6.45, 7) is 0. The Morgan fingerprint density at radius 2 is 1.75 bits per heavy atom. The lowest BCUT2D eigenvalue weighted by atomic mass is 9.92. The fourth-order valence-corrected chi connectivity index (χ4v) is 3.95. The molecule has 5 nitrogen and oxygen atoms in total. The molecule has 1 saturated carbocycles. The summed E-state index contributed by atoms with van der Waals surface area (Å²) in [4.78, 5) is 0.230. The predicted octanol–water partition coefficient (Wildman–Crippen LogP) is 1.45. The molecule has 0 unspecified atom stereocenters. The Morgan fingerprint density at radius 1 is 1.20 bits per heavy atom. The second-order valence-electron chi connectivity index (χ2n) is 5.23. The van der Waals surface area contributed by atoms with Crippen LogP contribution in [0.5, 0.6) is 0 Å². The van der Waals surface area contributed by atoms with Gasteiger partial charge in [0.05, 0.1) is 16.5 Å². The fraction of sp³-hybridized carbons (Fsp3) is 0.500. The smallest absolute Gasteiger partial charge is 0.243 e. The Morgan fingerprint density at radius 3 is 2.25 bits per heavy atom. The molecule has 2 rings (SSSR count). The van der Waals surface area contributed by atoms with E-state index in [1.807, 2.05) is 6.07 Å². The lowest BCUT2D eigenvalue weighted by molar-refractivity contribution is 0.268. The summed E-state index contributed by atoms with van der Waals surface area (Å²) in [5.74, 6) is 0. The van der Waals surface area contributed by atoms with Crippen molar-refractivity contribution in [3.8, 4) is 6.07 Å². The lowest BCUT2D eigenvalue weighted by Crippen LogP contribution is -2.41. The van der Waals surface area contributed by atoms with Crippen molar-refractivity contribution < 1.29 is 8.42 Å². The average molecular weight is 293 g/mol. The molecule has 1 aromatic carbocycles. The Bertz CT molecular complexity index is 596. The highest BCUT2D eigenvalue weighted by Gasteiger charge is 2.30. The molecule has 0 aromatic heterocycles. The van der Waals surface area contributed by atoms with Crippen molar-refractivity contribution in [3.63, 3.8) is 0 Å². The van der Waals surface area contributed by atoms with E-state index in [4.69, 9.17) is 11.0 Å². The topological polar surface area (TPSA) is 87.2 Å². The van der Waals surface area contributed by atoms with Gasteiger partial charge >= 0.3 is 0 Å². The van der Waals surface area contributed by atoms with Gasteiger partial charge in [-0.3, -0.25) is 0 Å². The number of benzene rings is 1. The molecule has 0 aliphatic heterocycles. The van der Waals surface area contributed by atoms with E-state index in [-0.39, 0.29) is 17.0 Å². The highest BCUT2D eigenvalue weighted by Crippen LogP contribution is 2.26. The molecule has 20 heavy (non-hydrogen) atoms. The van der Waals surface area contributed by atoms with Gasteiger partial charge in [0.2, 0.25) is 10.0 Å². The largest absolute Gasteiger partial charge is 0.328 e. The molecule has 0 radical (unpaired) electrons. The third kappa shape index (κ3) is 3.01. The number of hydrogen-bond acceptors (Lipinski definition) is 4. The Kier molecular flexibility index (Phi) is 4.43. The summed E-state index contributed by atoms with van der Waals surface area (Å²) in [6, 6.07) is 8.20. The zero-order chi connectivity index (χ0) is 14.8. The summed E-state index contributed by atoms with van der Waals surface area (Å²) in [6.07, 6.45) is 3.32. The van der Waals surface area contributed by atoms with E-state index >= 15 is 0 Å². The van der Waals surface area contributed by atoms with Crippen LogP contribution in [0.15, 0.2) is 29.2 Å². The highest BCUT2D eigenvalue weighted by atomic mass is 32.2. The normalized spacial score (nSPS) is 23.5. The van der Waals surface area contributed by atoms with Gasteiger partial charge in [0.15, 0.2) is 0 Å². The molecule has 108 valence electrons. The number of rotatable bonds is 3. The van der Waals surface area contributed by atoms with Gasteiger partial charge in [-0.25, -0.2) is 8.42 Å². The van der Waals surface area contributed by atoms with Crippen molar-refractivity contribution in [2.75, 3.05) is 7.05 Å². The van der Waals surface area contributed by atoms with Crippen LogP contribution in [0, 0.1) is 11.3 Å². The maximum absolute atomic E-state index is 12.5. The monoisotopic (exact) mass is 293 g/mol. The second-order valence-corrected chi connectivity index (χ2v) is 7.22. The van der Waals surface area contributed by atoms with E-state index in [9.17, 15) is 8.42 Å². The first-order valence-electron chi connectivity index (χ1n) is 6.69. The molecule has 0 amide bonds. The zero-order valence-corrected chi connectivity index (χ0v) is 12.3. The summed E-state index contributed by atoms with van der Waals surface area (Å²) in [7, 11) is -1.88. The van der Waals surface area contributed by atoms with Crippen LogP contribution in [0.3, 0.4) is 0 Å². The van der Waals surface area contributed by atoms with Crippen LogP contribution in [-0.2, 0) is 10.0 Å². The molecule has 0 bridgehead atoms. The summed E-state index contributed by atoms with van der Waals surface area (Å²) in [5, 5.41) is 8.75. The third-order valence-corrected chi connectivity index (χ3v) is 5.84. The molecular formula is C14H19N3O2S. The number of nitrogens with two attached hydrogens (primary N) is 1. The molecule has 0 spiro atoms. The maximum atomic E-state index is 12.5. The molecule has 6 heteroatoms. The van der Waals surface area contributed by atoms with E-state index in [1.54, 1.807) is 7.05 Å². The van der Waals surface area contributed by atoms with Gasteiger partial charge < -0.3 is 5.73 Å². The van der Waals surface area contributed by atoms with Gasteiger partial charge in [-0.1, -0.05) is 0 Å². The van der Waals surface area contributed by atoms with Gasteiger partial charge in [-0.2, -0.15) is 9.57 Å². The van der Waals surface area contributed by atoms with Crippen molar-refractivity contribution in [2.45, 2.75) is 42.7 Å². The molecule has 1 aliphatic rings. The Balaban J connectivity index is 2.18. The number of nitriles is 1. The van der Waals surface area contributed by atoms with Crippen molar-refractivity contribution >= 4 is 10.0 Å². The SMILES string of the molecule is CN(C1CCC(N)CC1)S(=O)(=O)c1ccc(C#N)cc1. The maximum Gasteiger partial charge on any atom is 0.243 e. The standard InChI is InChI=1S/C14H19N3O2S/c1-17(13-6-4-12(16)5-7-13)20(18,19)14-8-2-11(10-15)3-9-14/h2-3,8-9,12-13H,4-7,16H2,1H3. The van der Waals surface area contributed by atoms with Crippen LogP contribution in [0.2, 0.25) is 0 Å². The minimum atomic E-state index is -3.50. The minimum Gasteiger partial charge on any atom is -0.328 e. The highest BCUT2D eigenvalue weighted by molar-refractivity contribution is 7.89. The van der Waals surface area contributed by atoms with Gasteiger partial charge in [-0.05, 0) is 49.9 Å². The first-order valence-corrected chi connectivity index (χ1v) is 8.13. The predicted molar refractivity (Wildman–Crippen MR) is 76.3 cm³/mol. The number of sulfonamides is 1. The summed E-state index contributed by atoms with van der Waals surface area (Å²) in [5.41, 5.74) is 6.30. The summed E-state index contributed by atoms with van der Waals surface area (Å²) < 4.78 is 26.5. The van der Waals surface area contributed by atoms with Crippen molar-refractivity contribution in [2.24, 2.45) is 5.73 Å². The van der Waals surface area contributed by atoms with Crippen LogP contribution < -0.4 is 5.73 Å².